The van der Waals surface area contributed by atoms with Crippen molar-refractivity contribution in [2.45, 2.75) is 32.8 Å². The topological polar surface area (TPSA) is 63.7 Å². The molecule has 2 atom stereocenters. The molecule has 0 aliphatic carbocycles. The molecule has 1 amide bonds. The molecule has 1 fully saturated rings. The molecule has 1 heterocycles. The number of hydrogen-bond acceptors (Lipinski definition) is 4. The number of benzene rings is 2. The van der Waals surface area contributed by atoms with Gasteiger partial charge in [-0.15, -0.1) is 0 Å². The minimum atomic E-state index is -0.855. The van der Waals surface area contributed by atoms with Gasteiger partial charge in [0.1, 0.15) is 0 Å². The van der Waals surface area contributed by atoms with Crippen LogP contribution in [-0.2, 0) is 14.3 Å². The van der Waals surface area contributed by atoms with Gasteiger partial charge in [-0.1, -0.05) is 54.9 Å². The molecule has 0 spiro atoms. The number of esters is 1. The molecule has 2 aromatic carbocycles. The maximum Gasteiger partial charge on any atom is 0.312 e. The van der Waals surface area contributed by atoms with Gasteiger partial charge in [0.15, 0.2) is 6.10 Å². The van der Waals surface area contributed by atoms with Gasteiger partial charge in [0.05, 0.1) is 5.92 Å². The van der Waals surface area contributed by atoms with Crippen molar-refractivity contribution in [3.63, 3.8) is 0 Å². The van der Waals surface area contributed by atoms with Gasteiger partial charge in [0.25, 0.3) is 0 Å². The Kier molecular flexibility index (Phi) is 6.15. The highest BCUT2D eigenvalue weighted by atomic mass is 35.5. The molecule has 0 radical (unpaired) electrons. The van der Waals surface area contributed by atoms with Crippen molar-refractivity contribution in [3.05, 3.63) is 64.7 Å². The van der Waals surface area contributed by atoms with Gasteiger partial charge < -0.3 is 9.64 Å². The van der Waals surface area contributed by atoms with Crippen molar-refractivity contribution in [3.8, 4) is 0 Å². The number of ketones is 1. The van der Waals surface area contributed by atoms with Crippen LogP contribution in [0, 0.1) is 12.8 Å². The number of carbonyl (C=O) groups excluding carboxylic acids is 3. The zero-order chi connectivity index (χ0) is 20.3. The van der Waals surface area contributed by atoms with E-state index in [1.54, 1.807) is 54.3 Å². The van der Waals surface area contributed by atoms with E-state index < -0.39 is 18.0 Å². The highest BCUT2D eigenvalue weighted by Gasteiger charge is 2.38. The van der Waals surface area contributed by atoms with Crippen LogP contribution >= 0.6 is 11.6 Å². The van der Waals surface area contributed by atoms with Gasteiger partial charge in [-0.2, -0.15) is 0 Å². The Bertz CT molecular complexity index is 897. The molecule has 1 saturated heterocycles. The largest absolute Gasteiger partial charge is 0.454 e. The Balaban J connectivity index is 1.70. The quantitative estimate of drug-likeness (QED) is 0.539. The second-order valence-corrected chi connectivity index (χ2v) is 7.26. The summed E-state index contributed by atoms with van der Waals surface area (Å²) < 4.78 is 5.49. The van der Waals surface area contributed by atoms with Crippen LogP contribution in [0.15, 0.2) is 48.5 Å². The van der Waals surface area contributed by atoms with Crippen molar-refractivity contribution in [1.82, 2.24) is 0 Å². The normalized spacial score (nSPS) is 17.5. The molecule has 1 aliphatic heterocycles. The minimum absolute atomic E-state index is 0.0563. The van der Waals surface area contributed by atoms with E-state index in [1.807, 2.05) is 13.0 Å². The summed E-state index contributed by atoms with van der Waals surface area (Å²) in [5, 5.41) is 0.566. The fraction of sp³-hybridized carbons (Fsp3) is 0.318. The van der Waals surface area contributed by atoms with Gasteiger partial charge in [-0.3, -0.25) is 14.4 Å². The molecule has 146 valence electrons. The zero-order valence-electron chi connectivity index (χ0n) is 15.9. The molecule has 0 bridgehead atoms. The smallest absolute Gasteiger partial charge is 0.312 e. The molecule has 28 heavy (non-hydrogen) atoms. The first kappa shape index (κ1) is 20.1. The lowest BCUT2D eigenvalue weighted by atomic mass is 10.0. The standard InChI is InChI=1S/C22H22ClNO4/c1-3-19(21(26)15-8-5-4-6-9-15)28-22(27)16-12-20(25)24(13-16)18-11-7-10-17(23)14(18)2/h4-11,16,19H,3,12-13H2,1-2H3/t16-,19-/m0/s1. The minimum Gasteiger partial charge on any atom is -0.454 e. The first-order valence-electron chi connectivity index (χ1n) is 9.27. The van der Waals surface area contributed by atoms with Gasteiger partial charge in [-0.05, 0) is 31.0 Å². The van der Waals surface area contributed by atoms with E-state index in [0.29, 0.717) is 22.7 Å². The number of rotatable bonds is 6. The monoisotopic (exact) mass is 399 g/mol. The Morgan fingerprint density at radius 1 is 1.18 bits per heavy atom. The average Bonchev–Trinajstić information content (AvgIpc) is 3.10. The molecular weight excluding hydrogens is 378 g/mol. The van der Waals surface area contributed by atoms with Crippen LogP contribution in [0.1, 0.15) is 35.7 Å². The van der Waals surface area contributed by atoms with Crippen LogP contribution < -0.4 is 4.90 Å². The summed E-state index contributed by atoms with van der Waals surface area (Å²) in [7, 11) is 0. The van der Waals surface area contributed by atoms with E-state index in [4.69, 9.17) is 16.3 Å². The number of amides is 1. The molecule has 6 heteroatoms. The van der Waals surface area contributed by atoms with Gasteiger partial charge >= 0.3 is 5.97 Å². The Morgan fingerprint density at radius 2 is 1.89 bits per heavy atom. The molecule has 2 aromatic rings. The van der Waals surface area contributed by atoms with Gasteiger partial charge in [0, 0.05) is 29.2 Å². The third-order valence-corrected chi connectivity index (χ3v) is 5.38. The SMILES string of the molecule is CC[C@H](OC(=O)[C@H]1CC(=O)N(c2cccc(Cl)c2C)C1)C(=O)c1ccccc1. The van der Waals surface area contributed by atoms with Crippen LogP contribution in [0.25, 0.3) is 0 Å². The van der Waals surface area contributed by atoms with Crippen molar-refractivity contribution < 1.29 is 19.1 Å². The average molecular weight is 400 g/mol. The molecule has 1 aliphatic rings. The zero-order valence-corrected chi connectivity index (χ0v) is 16.6. The number of nitrogens with zero attached hydrogens (tertiary/aromatic N) is 1. The van der Waals surface area contributed by atoms with Crippen molar-refractivity contribution >= 4 is 34.9 Å². The molecule has 0 unspecified atom stereocenters. The van der Waals surface area contributed by atoms with Crippen molar-refractivity contribution in [2.75, 3.05) is 11.4 Å². The summed E-state index contributed by atoms with van der Waals surface area (Å²) in [6.45, 7) is 3.84. The lowest BCUT2D eigenvalue weighted by Gasteiger charge is -2.20. The van der Waals surface area contributed by atoms with E-state index in [0.717, 1.165) is 5.56 Å². The highest BCUT2D eigenvalue weighted by Crippen LogP contribution is 2.32. The van der Waals surface area contributed by atoms with E-state index in [1.165, 1.54) is 0 Å². The number of halogens is 1. The summed E-state index contributed by atoms with van der Waals surface area (Å²) in [5.74, 6) is -1.52. The molecule has 5 nitrogen and oxygen atoms in total. The van der Waals surface area contributed by atoms with Gasteiger partial charge in [0.2, 0.25) is 11.7 Å². The highest BCUT2D eigenvalue weighted by molar-refractivity contribution is 6.31. The Hall–Kier alpha value is -2.66. The summed E-state index contributed by atoms with van der Waals surface area (Å²) in [5.41, 5.74) is 1.98. The number of ether oxygens (including phenoxy) is 1. The van der Waals surface area contributed by atoms with E-state index in [-0.39, 0.29) is 24.7 Å². The number of Topliss-reactive ketones (excluding diaryl/α,β-unsaturated/α-hetero) is 1. The second-order valence-electron chi connectivity index (χ2n) is 6.85. The van der Waals surface area contributed by atoms with Crippen LogP contribution in [0.2, 0.25) is 5.02 Å². The lowest BCUT2D eigenvalue weighted by molar-refractivity contribution is -0.151. The number of hydrogen-bond donors (Lipinski definition) is 0. The number of anilines is 1. The first-order valence-corrected chi connectivity index (χ1v) is 9.65. The third-order valence-electron chi connectivity index (χ3n) is 4.97. The number of carbonyl (C=O) groups is 3. The van der Waals surface area contributed by atoms with Crippen molar-refractivity contribution in [2.24, 2.45) is 5.92 Å². The second kappa shape index (κ2) is 8.57. The van der Waals surface area contributed by atoms with Crippen LogP contribution in [0.3, 0.4) is 0 Å². The summed E-state index contributed by atoms with van der Waals surface area (Å²) in [4.78, 5) is 39.3. The van der Waals surface area contributed by atoms with Crippen molar-refractivity contribution in [1.29, 1.82) is 0 Å². The third kappa shape index (κ3) is 4.09. The molecule has 0 aromatic heterocycles. The molecule has 0 N–H and O–H groups in total. The van der Waals surface area contributed by atoms with E-state index >= 15 is 0 Å². The summed E-state index contributed by atoms with van der Waals surface area (Å²) in [6, 6.07) is 14.1. The fourth-order valence-electron chi connectivity index (χ4n) is 3.33. The predicted octanol–water partition coefficient (Wildman–Crippen LogP) is 4.21. The molecular formula is C22H22ClNO4. The van der Waals surface area contributed by atoms with Crippen LogP contribution in [0.5, 0.6) is 0 Å². The van der Waals surface area contributed by atoms with Gasteiger partial charge in [-0.25, -0.2) is 0 Å². The van der Waals surface area contributed by atoms with Crippen LogP contribution in [0.4, 0.5) is 5.69 Å². The molecule has 0 saturated carbocycles. The van der Waals surface area contributed by atoms with Crippen LogP contribution in [-0.4, -0.2) is 30.3 Å². The Morgan fingerprint density at radius 3 is 2.57 bits per heavy atom. The summed E-state index contributed by atoms with van der Waals surface area (Å²) >= 11 is 6.15. The molecule has 3 rings (SSSR count). The Labute approximate surface area is 169 Å². The maximum absolute atomic E-state index is 12.6. The van der Waals surface area contributed by atoms with E-state index in [9.17, 15) is 14.4 Å². The predicted molar refractivity (Wildman–Crippen MR) is 108 cm³/mol. The fourth-order valence-corrected chi connectivity index (χ4v) is 3.50. The maximum atomic E-state index is 12.6. The lowest BCUT2D eigenvalue weighted by Crippen LogP contribution is -2.32. The van der Waals surface area contributed by atoms with E-state index in [2.05, 4.69) is 0 Å². The first-order chi connectivity index (χ1) is 13.4. The summed E-state index contributed by atoms with van der Waals surface area (Å²) in [6.07, 6.45) is -0.426.